The van der Waals surface area contributed by atoms with Crippen LogP contribution in [0.15, 0.2) is 53.4 Å². The number of rotatable bonds is 7. The van der Waals surface area contributed by atoms with Crippen molar-refractivity contribution in [2.75, 3.05) is 11.1 Å². The molecule has 0 bridgehead atoms. The van der Waals surface area contributed by atoms with E-state index in [4.69, 9.17) is 11.6 Å². The molecule has 0 saturated heterocycles. The molecule has 23 heavy (non-hydrogen) atoms. The van der Waals surface area contributed by atoms with E-state index in [1.54, 1.807) is 11.8 Å². The van der Waals surface area contributed by atoms with Crippen molar-refractivity contribution < 1.29 is 4.79 Å². The second-order valence-electron chi connectivity index (χ2n) is 5.53. The van der Waals surface area contributed by atoms with E-state index in [2.05, 4.69) is 31.3 Å². The largest absolute Gasteiger partial charge is 0.326 e. The highest BCUT2D eigenvalue weighted by molar-refractivity contribution is 7.99. The number of halogens is 1. The fourth-order valence-electron chi connectivity index (χ4n) is 2.15. The van der Waals surface area contributed by atoms with E-state index in [1.807, 2.05) is 36.4 Å². The van der Waals surface area contributed by atoms with Gasteiger partial charge in [0, 0.05) is 27.8 Å². The van der Waals surface area contributed by atoms with Crippen LogP contribution in [0.2, 0.25) is 5.02 Å². The number of carbonyl (C=O) groups is 1. The maximum absolute atomic E-state index is 12.0. The topological polar surface area (TPSA) is 29.1 Å². The number of amides is 1. The average Bonchev–Trinajstić information content (AvgIpc) is 2.56. The molecule has 0 saturated carbocycles. The molecule has 0 fully saturated rings. The minimum absolute atomic E-state index is 0.0442. The highest BCUT2D eigenvalue weighted by Crippen LogP contribution is 2.22. The minimum atomic E-state index is 0.0442. The van der Waals surface area contributed by atoms with Gasteiger partial charge >= 0.3 is 0 Å². The first-order valence-corrected chi connectivity index (χ1v) is 9.23. The number of hydrogen-bond acceptors (Lipinski definition) is 2. The zero-order valence-electron chi connectivity index (χ0n) is 13.5. The third-order valence-corrected chi connectivity index (χ3v) is 5.05. The van der Waals surface area contributed by atoms with Crippen LogP contribution in [0.25, 0.3) is 0 Å². The normalized spacial score (nSPS) is 12.0. The van der Waals surface area contributed by atoms with Crippen molar-refractivity contribution in [1.82, 2.24) is 0 Å². The van der Waals surface area contributed by atoms with Gasteiger partial charge in [0.25, 0.3) is 0 Å². The molecule has 1 atom stereocenters. The molecule has 0 aliphatic heterocycles. The van der Waals surface area contributed by atoms with E-state index >= 15 is 0 Å². The molecule has 1 amide bonds. The molecule has 0 spiro atoms. The Labute approximate surface area is 147 Å². The summed E-state index contributed by atoms with van der Waals surface area (Å²) in [6.07, 6.45) is 1.61. The van der Waals surface area contributed by atoms with Crippen LogP contribution in [-0.4, -0.2) is 11.7 Å². The van der Waals surface area contributed by atoms with Crippen molar-refractivity contribution in [1.29, 1.82) is 0 Å². The van der Waals surface area contributed by atoms with Crippen LogP contribution in [0.3, 0.4) is 0 Å². The van der Waals surface area contributed by atoms with Crippen LogP contribution < -0.4 is 5.32 Å². The van der Waals surface area contributed by atoms with Crippen LogP contribution >= 0.6 is 23.4 Å². The van der Waals surface area contributed by atoms with Crippen molar-refractivity contribution in [3.8, 4) is 0 Å². The second kappa shape index (κ2) is 8.99. The fraction of sp³-hybridized carbons (Fsp3) is 0.316. The Bertz CT molecular complexity index is 625. The Morgan fingerprint density at radius 2 is 1.78 bits per heavy atom. The third-order valence-electron chi connectivity index (χ3n) is 3.79. The standard InChI is InChI=1S/C19H22ClNOS/c1-3-14(2)15-4-8-17(9-5-15)21-19(22)12-13-23-18-10-6-16(20)7-11-18/h4-11,14H,3,12-13H2,1-2H3,(H,21,22)/t14-/m0/s1. The van der Waals surface area contributed by atoms with Gasteiger partial charge in [-0.15, -0.1) is 11.8 Å². The molecule has 122 valence electrons. The van der Waals surface area contributed by atoms with Gasteiger partial charge in [0.15, 0.2) is 0 Å². The van der Waals surface area contributed by atoms with E-state index in [1.165, 1.54) is 5.56 Å². The lowest BCUT2D eigenvalue weighted by Gasteiger charge is -2.10. The van der Waals surface area contributed by atoms with E-state index < -0.39 is 0 Å². The molecule has 2 rings (SSSR count). The van der Waals surface area contributed by atoms with E-state index in [-0.39, 0.29) is 5.91 Å². The highest BCUT2D eigenvalue weighted by Gasteiger charge is 2.05. The summed E-state index contributed by atoms with van der Waals surface area (Å²) >= 11 is 7.51. The molecule has 1 N–H and O–H groups in total. The summed E-state index contributed by atoms with van der Waals surface area (Å²) in [7, 11) is 0. The Balaban J connectivity index is 1.77. The van der Waals surface area contributed by atoms with Gasteiger partial charge in [-0.05, 0) is 54.3 Å². The molecule has 2 nitrogen and oxygen atoms in total. The summed E-state index contributed by atoms with van der Waals surface area (Å²) in [5.41, 5.74) is 2.17. The first kappa shape index (κ1) is 17.9. The monoisotopic (exact) mass is 347 g/mol. The van der Waals surface area contributed by atoms with E-state index in [0.29, 0.717) is 12.3 Å². The minimum Gasteiger partial charge on any atom is -0.326 e. The molecule has 0 aromatic heterocycles. The summed E-state index contributed by atoms with van der Waals surface area (Å²) < 4.78 is 0. The van der Waals surface area contributed by atoms with Crippen molar-refractivity contribution >= 4 is 35.0 Å². The first-order chi connectivity index (χ1) is 11.1. The summed E-state index contributed by atoms with van der Waals surface area (Å²) in [6.45, 7) is 4.39. The maximum Gasteiger partial charge on any atom is 0.225 e. The third kappa shape index (κ3) is 5.92. The Morgan fingerprint density at radius 1 is 1.13 bits per heavy atom. The number of thioether (sulfide) groups is 1. The van der Waals surface area contributed by atoms with Crippen LogP contribution in [0.1, 0.15) is 38.2 Å². The lowest BCUT2D eigenvalue weighted by atomic mass is 9.99. The van der Waals surface area contributed by atoms with Crippen molar-refractivity contribution in [2.24, 2.45) is 0 Å². The molecule has 2 aromatic carbocycles. The van der Waals surface area contributed by atoms with Crippen LogP contribution in [0.5, 0.6) is 0 Å². The van der Waals surface area contributed by atoms with Crippen molar-refractivity contribution in [3.63, 3.8) is 0 Å². The van der Waals surface area contributed by atoms with Crippen LogP contribution in [-0.2, 0) is 4.79 Å². The maximum atomic E-state index is 12.0. The van der Waals surface area contributed by atoms with Gasteiger partial charge in [-0.2, -0.15) is 0 Å². The van der Waals surface area contributed by atoms with Crippen molar-refractivity contribution in [3.05, 3.63) is 59.1 Å². The van der Waals surface area contributed by atoms with Crippen LogP contribution in [0.4, 0.5) is 5.69 Å². The molecule has 0 aliphatic carbocycles. The Hall–Kier alpha value is -1.45. The second-order valence-corrected chi connectivity index (χ2v) is 7.14. The zero-order chi connectivity index (χ0) is 16.7. The van der Waals surface area contributed by atoms with Gasteiger partial charge < -0.3 is 5.32 Å². The summed E-state index contributed by atoms with van der Waals surface area (Å²) in [5, 5.41) is 3.68. The molecular weight excluding hydrogens is 326 g/mol. The lowest BCUT2D eigenvalue weighted by molar-refractivity contribution is -0.115. The predicted octanol–water partition coefficient (Wildman–Crippen LogP) is 5.97. The average molecular weight is 348 g/mol. The van der Waals surface area contributed by atoms with Crippen LogP contribution in [0, 0.1) is 0 Å². The SMILES string of the molecule is CC[C@H](C)c1ccc(NC(=O)CCSc2ccc(Cl)cc2)cc1. The summed E-state index contributed by atoms with van der Waals surface area (Å²) in [5.74, 6) is 1.34. The summed E-state index contributed by atoms with van der Waals surface area (Å²) in [6, 6.07) is 15.8. The van der Waals surface area contributed by atoms with Crippen molar-refractivity contribution in [2.45, 2.75) is 37.5 Å². The molecule has 0 unspecified atom stereocenters. The van der Waals surface area contributed by atoms with Gasteiger partial charge in [0.1, 0.15) is 0 Å². The van der Waals surface area contributed by atoms with Gasteiger partial charge in [-0.1, -0.05) is 37.6 Å². The number of anilines is 1. The Morgan fingerprint density at radius 3 is 2.39 bits per heavy atom. The molecule has 0 heterocycles. The van der Waals surface area contributed by atoms with Gasteiger partial charge in [-0.25, -0.2) is 0 Å². The summed E-state index contributed by atoms with van der Waals surface area (Å²) in [4.78, 5) is 13.1. The number of benzene rings is 2. The smallest absolute Gasteiger partial charge is 0.225 e. The quantitative estimate of drug-likeness (QED) is 0.625. The Kier molecular flexibility index (Phi) is 7.00. The van der Waals surface area contributed by atoms with E-state index in [0.717, 1.165) is 27.8 Å². The van der Waals surface area contributed by atoms with Gasteiger partial charge in [0.2, 0.25) is 5.91 Å². The zero-order valence-corrected chi connectivity index (χ0v) is 15.1. The first-order valence-electron chi connectivity index (χ1n) is 7.86. The molecule has 0 aliphatic rings. The molecule has 4 heteroatoms. The fourth-order valence-corrected chi connectivity index (χ4v) is 3.12. The number of carbonyl (C=O) groups excluding carboxylic acids is 1. The lowest BCUT2D eigenvalue weighted by Crippen LogP contribution is -2.12. The van der Waals surface area contributed by atoms with Gasteiger partial charge in [0.05, 0.1) is 0 Å². The highest BCUT2D eigenvalue weighted by atomic mass is 35.5. The predicted molar refractivity (Wildman–Crippen MR) is 101 cm³/mol. The number of nitrogens with one attached hydrogen (secondary N) is 1. The molecule has 0 radical (unpaired) electrons. The van der Waals surface area contributed by atoms with Gasteiger partial charge in [-0.3, -0.25) is 4.79 Å². The van der Waals surface area contributed by atoms with E-state index in [9.17, 15) is 4.79 Å². The molecular formula is C19H22ClNOS. The molecule has 2 aromatic rings. The number of hydrogen-bond donors (Lipinski definition) is 1.